The molecule has 1 aromatic carbocycles. The van der Waals surface area contributed by atoms with E-state index < -0.39 is 0 Å². The predicted octanol–water partition coefficient (Wildman–Crippen LogP) is 3.76. The standard InChI is InChI=1S/C21H20ClN7/c22-15-2-1-3-17(10-15)28-12-19(25-13-28)18(23)11-20-26-27-21(29(20)16-4-5-16)14-6-8-24-9-7-14/h1-3,6-10,12-13,16,18H,4-5,11,23H2/t18-/m0/s1. The summed E-state index contributed by atoms with van der Waals surface area (Å²) in [5, 5.41) is 9.59. The fourth-order valence-electron chi connectivity index (χ4n) is 3.49. The molecule has 5 rings (SSSR count). The lowest BCUT2D eigenvalue weighted by Gasteiger charge is -2.12. The Morgan fingerprint density at radius 1 is 1.14 bits per heavy atom. The van der Waals surface area contributed by atoms with Crippen LogP contribution >= 0.6 is 11.6 Å². The van der Waals surface area contributed by atoms with Crippen LogP contribution in [0.15, 0.2) is 61.3 Å². The molecule has 0 radical (unpaired) electrons. The summed E-state index contributed by atoms with van der Waals surface area (Å²) in [5.74, 6) is 1.77. The quantitative estimate of drug-likeness (QED) is 0.527. The molecule has 0 aliphatic heterocycles. The van der Waals surface area contributed by atoms with Gasteiger partial charge in [-0.15, -0.1) is 10.2 Å². The van der Waals surface area contributed by atoms with Gasteiger partial charge in [0.2, 0.25) is 0 Å². The highest BCUT2D eigenvalue weighted by molar-refractivity contribution is 6.30. The molecule has 2 N–H and O–H groups in total. The monoisotopic (exact) mass is 405 g/mol. The van der Waals surface area contributed by atoms with Crippen LogP contribution in [0.4, 0.5) is 0 Å². The molecule has 1 fully saturated rings. The van der Waals surface area contributed by atoms with Crippen molar-refractivity contribution >= 4 is 11.6 Å². The molecule has 1 saturated carbocycles. The van der Waals surface area contributed by atoms with Crippen LogP contribution in [0.25, 0.3) is 17.1 Å². The van der Waals surface area contributed by atoms with Crippen molar-refractivity contribution in [3.8, 4) is 17.1 Å². The smallest absolute Gasteiger partial charge is 0.164 e. The van der Waals surface area contributed by atoms with Gasteiger partial charge in [0.05, 0.1) is 18.1 Å². The molecule has 1 aliphatic rings. The van der Waals surface area contributed by atoms with Gasteiger partial charge in [0.1, 0.15) is 5.82 Å². The largest absolute Gasteiger partial charge is 0.322 e. The van der Waals surface area contributed by atoms with Gasteiger partial charge in [-0.25, -0.2) is 4.98 Å². The molecule has 4 aromatic rings. The summed E-state index contributed by atoms with van der Waals surface area (Å²) in [6.07, 6.45) is 10.1. The average molecular weight is 406 g/mol. The minimum absolute atomic E-state index is 0.276. The molecule has 3 aromatic heterocycles. The van der Waals surface area contributed by atoms with E-state index in [-0.39, 0.29) is 6.04 Å². The molecular formula is C21H20ClN7. The predicted molar refractivity (Wildman–Crippen MR) is 111 cm³/mol. The van der Waals surface area contributed by atoms with Crippen LogP contribution < -0.4 is 5.73 Å². The number of pyridine rings is 1. The lowest BCUT2D eigenvalue weighted by molar-refractivity contribution is 0.614. The van der Waals surface area contributed by atoms with Crippen LogP contribution in [0.5, 0.6) is 0 Å². The molecule has 146 valence electrons. The van der Waals surface area contributed by atoms with Gasteiger partial charge in [-0.05, 0) is 43.2 Å². The Morgan fingerprint density at radius 2 is 1.97 bits per heavy atom. The highest BCUT2D eigenvalue weighted by Gasteiger charge is 2.30. The zero-order valence-corrected chi connectivity index (χ0v) is 16.4. The van der Waals surface area contributed by atoms with E-state index in [0.717, 1.165) is 41.4 Å². The molecule has 0 saturated heterocycles. The molecule has 3 heterocycles. The first-order chi connectivity index (χ1) is 14.2. The maximum atomic E-state index is 6.49. The fraction of sp³-hybridized carbons (Fsp3) is 0.238. The molecule has 0 bridgehead atoms. The summed E-state index contributed by atoms with van der Waals surface area (Å²) >= 11 is 6.10. The Kier molecular flexibility index (Phi) is 4.61. The molecule has 1 aliphatic carbocycles. The minimum atomic E-state index is -0.276. The summed E-state index contributed by atoms with van der Waals surface area (Å²) in [6, 6.07) is 11.7. The van der Waals surface area contributed by atoms with Crippen molar-refractivity contribution in [3.05, 3.63) is 77.9 Å². The first kappa shape index (κ1) is 18.0. The lowest BCUT2D eigenvalue weighted by atomic mass is 10.1. The van der Waals surface area contributed by atoms with Gasteiger partial charge in [-0.3, -0.25) is 4.98 Å². The summed E-state index contributed by atoms with van der Waals surface area (Å²) in [4.78, 5) is 8.59. The first-order valence-corrected chi connectivity index (χ1v) is 9.96. The maximum absolute atomic E-state index is 6.49. The van der Waals surface area contributed by atoms with Crippen LogP contribution in [0, 0.1) is 0 Å². The van der Waals surface area contributed by atoms with Crippen LogP contribution in [-0.4, -0.2) is 29.3 Å². The Bertz CT molecular complexity index is 1130. The van der Waals surface area contributed by atoms with E-state index in [4.69, 9.17) is 17.3 Å². The normalized spacial score (nSPS) is 14.8. The van der Waals surface area contributed by atoms with Crippen molar-refractivity contribution in [1.82, 2.24) is 29.3 Å². The number of aromatic nitrogens is 6. The zero-order chi connectivity index (χ0) is 19.8. The average Bonchev–Trinajstić information content (AvgIpc) is 3.29. The molecule has 1 atom stereocenters. The van der Waals surface area contributed by atoms with Gasteiger partial charge in [0, 0.05) is 47.3 Å². The number of nitrogens with two attached hydrogens (primary N) is 1. The van der Waals surface area contributed by atoms with E-state index >= 15 is 0 Å². The van der Waals surface area contributed by atoms with Crippen LogP contribution in [0.1, 0.15) is 36.4 Å². The molecule has 29 heavy (non-hydrogen) atoms. The van der Waals surface area contributed by atoms with Gasteiger partial charge in [-0.2, -0.15) is 0 Å². The first-order valence-electron chi connectivity index (χ1n) is 9.58. The van der Waals surface area contributed by atoms with Gasteiger partial charge in [-0.1, -0.05) is 17.7 Å². The summed E-state index contributed by atoms with van der Waals surface area (Å²) in [7, 11) is 0. The van der Waals surface area contributed by atoms with E-state index in [0.29, 0.717) is 17.5 Å². The van der Waals surface area contributed by atoms with Gasteiger partial charge in [0.15, 0.2) is 5.82 Å². The van der Waals surface area contributed by atoms with Crippen molar-refractivity contribution in [3.63, 3.8) is 0 Å². The highest BCUT2D eigenvalue weighted by Crippen LogP contribution is 2.39. The summed E-state index contributed by atoms with van der Waals surface area (Å²) in [6.45, 7) is 0. The second-order valence-electron chi connectivity index (χ2n) is 7.27. The van der Waals surface area contributed by atoms with E-state index in [1.54, 1.807) is 18.7 Å². The minimum Gasteiger partial charge on any atom is -0.322 e. The van der Waals surface area contributed by atoms with E-state index in [9.17, 15) is 0 Å². The third-order valence-electron chi connectivity index (χ3n) is 5.11. The van der Waals surface area contributed by atoms with Crippen molar-refractivity contribution in [2.45, 2.75) is 31.3 Å². The molecule has 0 unspecified atom stereocenters. The van der Waals surface area contributed by atoms with E-state index in [2.05, 4.69) is 24.7 Å². The Hall–Kier alpha value is -3.03. The van der Waals surface area contributed by atoms with Gasteiger partial charge in [0.25, 0.3) is 0 Å². The number of nitrogens with zero attached hydrogens (tertiary/aromatic N) is 6. The van der Waals surface area contributed by atoms with Gasteiger partial charge >= 0.3 is 0 Å². The molecule has 7 nitrogen and oxygen atoms in total. The molecule has 0 amide bonds. The van der Waals surface area contributed by atoms with E-state index in [1.165, 1.54) is 0 Å². The number of benzene rings is 1. The summed E-state index contributed by atoms with van der Waals surface area (Å²) < 4.78 is 4.15. The van der Waals surface area contributed by atoms with Crippen LogP contribution in [-0.2, 0) is 6.42 Å². The number of hydrogen-bond acceptors (Lipinski definition) is 5. The second kappa shape index (κ2) is 7.42. The Balaban J connectivity index is 1.40. The molecular weight excluding hydrogens is 386 g/mol. The molecule has 0 spiro atoms. The Morgan fingerprint density at radius 3 is 2.72 bits per heavy atom. The van der Waals surface area contributed by atoms with Crippen LogP contribution in [0.2, 0.25) is 5.02 Å². The van der Waals surface area contributed by atoms with Crippen molar-refractivity contribution < 1.29 is 0 Å². The number of halogens is 1. The summed E-state index contributed by atoms with van der Waals surface area (Å²) in [5.41, 5.74) is 9.27. The second-order valence-corrected chi connectivity index (χ2v) is 7.71. The number of rotatable bonds is 6. The molecule has 8 heteroatoms. The SMILES string of the molecule is N[C@@H](Cc1nnc(-c2ccncc2)n1C1CC1)c1cn(-c2cccc(Cl)c2)cn1. The van der Waals surface area contributed by atoms with Crippen molar-refractivity contribution in [2.75, 3.05) is 0 Å². The third-order valence-corrected chi connectivity index (χ3v) is 5.34. The number of imidazole rings is 1. The van der Waals surface area contributed by atoms with Gasteiger partial charge < -0.3 is 14.9 Å². The third kappa shape index (κ3) is 3.66. The maximum Gasteiger partial charge on any atom is 0.164 e. The number of hydrogen-bond donors (Lipinski definition) is 1. The lowest BCUT2D eigenvalue weighted by Crippen LogP contribution is -2.17. The topological polar surface area (TPSA) is 87.4 Å². The van der Waals surface area contributed by atoms with Crippen LogP contribution in [0.3, 0.4) is 0 Å². The van der Waals surface area contributed by atoms with Crippen molar-refractivity contribution in [2.24, 2.45) is 5.73 Å². The fourth-order valence-corrected chi connectivity index (χ4v) is 3.67. The zero-order valence-electron chi connectivity index (χ0n) is 15.7. The van der Waals surface area contributed by atoms with E-state index in [1.807, 2.05) is 47.2 Å². The Labute approximate surface area is 173 Å². The highest BCUT2D eigenvalue weighted by atomic mass is 35.5. The van der Waals surface area contributed by atoms with Crippen molar-refractivity contribution in [1.29, 1.82) is 0 Å².